The van der Waals surface area contributed by atoms with Crippen molar-refractivity contribution in [2.75, 3.05) is 0 Å². The number of amides is 1. The zero-order chi connectivity index (χ0) is 8.27. The molecule has 58 valence electrons. The van der Waals surface area contributed by atoms with E-state index in [9.17, 15) is 9.59 Å². The largest absolute Gasteiger partial charge is 0.318 e. The number of hydrogen-bond donors (Lipinski definition) is 3. The zero-order valence-corrected chi connectivity index (χ0v) is 5.50. The number of rotatable bonds is 1. The van der Waals surface area contributed by atoms with Crippen LogP contribution in [-0.4, -0.2) is 16.1 Å². The summed E-state index contributed by atoms with van der Waals surface area (Å²) in [6, 6.07) is 4.07. The van der Waals surface area contributed by atoms with Crippen molar-refractivity contribution in [2.24, 2.45) is 0 Å². The Kier molecular flexibility index (Phi) is 2.03. The summed E-state index contributed by atoms with van der Waals surface area (Å²) in [6.45, 7) is 0. The van der Waals surface area contributed by atoms with Crippen molar-refractivity contribution in [3.8, 4) is 0 Å². The molecule has 1 heterocycles. The maximum absolute atomic E-state index is 10.6. The molecule has 3 N–H and O–H groups in total. The van der Waals surface area contributed by atoms with E-state index in [2.05, 4.69) is 4.98 Å². The molecule has 5 nitrogen and oxygen atoms in total. The number of nitrogens with one attached hydrogen (secondary N) is 2. The SMILES string of the molecule is O=C(NO)c1cccc(=O)[nH]1. The number of aromatic nitrogens is 1. The number of aromatic amines is 1. The van der Waals surface area contributed by atoms with Crippen LogP contribution in [0.4, 0.5) is 0 Å². The quantitative estimate of drug-likeness (QED) is 0.376. The summed E-state index contributed by atoms with van der Waals surface area (Å²) in [5.41, 5.74) is 1.04. The molecule has 0 atom stereocenters. The third kappa shape index (κ3) is 1.65. The summed E-state index contributed by atoms with van der Waals surface area (Å²) in [4.78, 5) is 23.5. The third-order valence-corrected chi connectivity index (χ3v) is 1.11. The summed E-state index contributed by atoms with van der Waals surface area (Å²) in [5, 5.41) is 8.16. The molecule has 0 unspecified atom stereocenters. The molecule has 1 aromatic rings. The van der Waals surface area contributed by atoms with E-state index in [1.807, 2.05) is 0 Å². The maximum Gasteiger partial charge on any atom is 0.291 e. The minimum atomic E-state index is -0.734. The molecular formula is C6H6N2O3. The number of H-pyrrole nitrogens is 1. The first-order valence-electron chi connectivity index (χ1n) is 2.88. The van der Waals surface area contributed by atoms with E-state index in [-0.39, 0.29) is 11.3 Å². The average Bonchev–Trinajstić information content (AvgIpc) is 2.03. The molecule has 0 radical (unpaired) electrons. The molecule has 0 aliphatic heterocycles. The lowest BCUT2D eigenvalue weighted by atomic mass is 10.3. The Bertz CT molecular complexity index is 318. The molecule has 1 rings (SSSR count). The normalized spacial score (nSPS) is 9.18. The van der Waals surface area contributed by atoms with Crippen LogP contribution in [0.2, 0.25) is 0 Å². The molecule has 0 aliphatic rings. The van der Waals surface area contributed by atoms with Gasteiger partial charge in [0, 0.05) is 6.07 Å². The van der Waals surface area contributed by atoms with Gasteiger partial charge in [0.2, 0.25) is 5.56 Å². The van der Waals surface area contributed by atoms with Crippen LogP contribution in [0.15, 0.2) is 23.0 Å². The molecule has 5 heteroatoms. The number of hydroxylamine groups is 1. The monoisotopic (exact) mass is 154 g/mol. The van der Waals surface area contributed by atoms with Crippen LogP contribution < -0.4 is 11.0 Å². The molecule has 0 aromatic carbocycles. The van der Waals surface area contributed by atoms with Gasteiger partial charge in [0.05, 0.1) is 0 Å². The highest BCUT2D eigenvalue weighted by molar-refractivity contribution is 5.91. The van der Waals surface area contributed by atoms with Crippen LogP contribution in [-0.2, 0) is 0 Å². The van der Waals surface area contributed by atoms with Gasteiger partial charge in [-0.15, -0.1) is 0 Å². The zero-order valence-electron chi connectivity index (χ0n) is 5.50. The van der Waals surface area contributed by atoms with Crippen molar-refractivity contribution in [2.45, 2.75) is 0 Å². The smallest absolute Gasteiger partial charge is 0.291 e. The Hall–Kier alpha value is -1.62. The van der Waals surface area contributed by atoms with Gasteiger partial charge in [-0.2, -0.15) is 0 Å². The van der Waals surface area contributed by atoms with E-state index in [4.69, 9.17) is 5.21 Å². The van der Waals surface area contributed by atoms with E-state index < -0.39 is 5.91 Å². The second-order valence-corrected chi connectivity index (χ2v) is 1.87. The topological polar surface area (TPSA) is 82.2 Å². The van der Waals surface area contributed by atoms with Crippen LogP contribution in [0, 0.1) is 0 Å². The van der Waals surface area contributed by atoms with Crippen LogP contribution in [0.1, 0.15) is 10.5 Å². The van der Waals surface area contributed by atoms with Gasteiger partial charge >= 0.3 is 0 Å². The number of hydrogen-bond acceptors (Lipinski definition) is 3. The first-order chi connectivity index (χ1) is 5.24. The first kappa shape index (κ1) is 7.49. The lowest BCUT2D eigenvalue weighted by Gasteiger charge is -1.95. The Labute approximate surface area is 61.6 Å². The molecule has 0 aliphatic carbocycles. The Balaban J connectivity index is 3.05. The summed E-state index contributed by atoms with van der Waals surface area (Å²) >= 11 is 0. The predicted molar refractivity (Wildman–Crippen MR) is 36.3 cm³/mol. The number of pyridine rings is 1. The number of carbonyl (C=O) groups is 1. The third-order valence-electron chi connectivity index (χ3n) is 1.11. The van der Waals surface area contributed by atoms with Gasteiger partial charge in [-0.1, -0.05) is 6.07 Å². The molecule has 1 aromatic heterocycles. The Morgan fingerprint density at radius 3 is 2.82 bits per heavy atom. The molecule has 0 bridgehead atoms. The average molecular weight is 154 g/mol. The van der Waals surface area contributed by atoms with E-state index in [0.29, 0.717) is 0 Å². The van der Waals surface area contributed by atoms with Gasteiger partial charge in [-0.25, -0.2) is 5.48 Å². The fourth-order valence-electron chi connectivity index (χ4n) is 0.640. The number of carbonyl (C=O) groups excluding carboxylic acids is 1. The molecule has 0 saturated carbocycles. The lowest BCUT2D eigenvalue weighted by Crippen LogP contribution is -2.22. The van der Waals surface area contributed by atoms with Crippen LogP contribution in [0.25, 0.3) is 0 Å². The molecule has 0 saturated heterocycles. The highest BCUT2D eigenvalue weighted by Crippen LogP contribution is 1.87. The fraction of sp³-hybridized carbons (Fsp3) is 0. The van der Waals surface area contributed by atoms with Crippen LogP contribution in [0.3, 0.4) is 0 Å². The van der Waals surface area contributed by atoms with E-state index in [1.165, 1.54) is 23.7 Å². The summed E-state index contributed by atoms with van der Waals surface area (Å²) in [6.07, 6.45) is 0. The minimum absolute atomic E-state index is 0.0278. The molecule has 0 spiro atoms. The first-order valence-corrected chi connectivity index (χ1v) is 2.88. The maximum atomic E-state index is 10.6. The lowest BCUT2D eigenvalue weighted by molar-refractivity contribution is 0.0700. The van der Waals surface area contributed by atoms with Crippen molar-refractivity contribution in [1.82, 2.24) is 10.5 Å². The second-order valence-electron chi connectivity index (χ2n) is 1.87. The molecule has 1 amide bonds. The predicted octanol–water partition coefficient (Wildman–Crippen LogP) is -0.506. The highest BCUT2D eigenvalue weighted by Gasteiger charge is 2.02. The van der Waals surface area contributed by atoms with E-state index in [1.54, 1.807) is 0 Å². The van der Waals surface area contributed by atoms with Gasteiger partial charge in [0.25, 0.3) is 5.91 Å². The van der Waals surface area contributed by atoms with Crippen molar-refractivity contribution in [1.29, 1.82) is 0 Å². The van der Waals surface area contributed by atoms with Crippen LogP contribution in [0.5, 0.6) is 0 Å². The highest BCUT2D eigenvalue weighted by atomic mass is 16.5. The van der Waals surface area contributed by atoms with Gasteiger partial charge in [-0.3, -0.25) is 14.8 Å². The molecule has 0 fully saturated rings. The van der Waals surface area contributed by atoms with Crippen molar-refractivity contribution < 1.29 is 10.0 Å². The van der Waals surface area contributed by atoms with Gasteiger partial charge in [0.1, 0.15) is 5.69 Å². The van der Waals surface area contributed by atoms with Gasteiger partial charge < -0.3 is 4.98 Å². The fourth-order valence-corrected chi connectivity index (χ4v) is 0.640. The van der Waals surface area contributed by atoms with Crippen molar-refractivity contribution in [3.63, 3.8) is 0 Å². The summed E-state index contributed by atoms with van der Waals surface area (Å²) in [7, 11) is 0. The minimum Gasteiger partial charge on any atom is -0.318 e. The molecule has 11 heavy (non-hydrogen) atoms. The van der Waals surface area contributed by atoms with Crippen molar-refractivity contribution >= 4 is 5.91 Å². The summed E-state index contributed by atoms with van der Waals surface area (Å²) in [5.74, 6) is -0.734. The Morgan fingerprint density at radius 2 is 2.27 bits per heavy atom. The standard InChI is InChI=1S/C6H6N2O3/c9-5-3-1-2-4(7-5)6(10)8-11/h1-3,11H,(H,7,9)(H,8,10). The van der Waals surface area contributed by atoms with E-state index in [0.717, 1.165) is 0 Å². The van der Waals surface area contributed by atoms with Gasteiger partial charge in [-0.05, 0) is 6.07 Å². The van der Waals surface area contributed by atoms with E-state index >= 15 is 0 Å². The van der Waals surface area contributed by atoms with Crippen molar-refractivity contribution in [3.05, 3.63) is 34.2 Å². The van der Waals surface area contributed by atoms with Crippen LogP contribution >= 0.6 is 0 Å². The molecular weight excluding hydrogens is 148 g/mol. The van der Waals surface area contributed by atoms with Gasteiger partial charge in [0.15, 0.2) is 0 Å². The Morgan fingerprint density at radius 1 is 1.55 bits per heavy atom. The second kappa shape index (κ2) is 2.98. The summed E-state index contributed by atoms with van der Waals surface area (Å²) < 4.78 is 0.